The van der Waals surface area contributed by atoms with Crippen LogP contribution in [0.4, 0.5) is 11.6 Å². The first kappa shape index (κ1) is 19.5. The van der Waals surface area contributed by atoms with Crippen molar-refractivity contribution in [3.05, 3.63) is 42.0 Å². The number of piperidine rings is 1. The number of aromatic nitrogens is 2. The fourth-order valence-electron chi connectivity index (χ4n) is 3.83. The minimum absolute atomic E-state index is 0.0248. The highest BCUT2D eigenvalue weighted by atomic mass is 16.5. The largest absolute Gasteiger partial charge is 0.484 e. The first-order valence-electron chi connectivity index (χ1n) is 10.5. The van der Waals surface area contributed by atoms with Crippen molar-refractivity contribution in [2.75, 3.05) is 55.7 Å². The predicted molar refractivity (Wildman–Crippen MR) is 114 cm³/mol. The average Bonchev–Trinajstić information content (AvgIpc) is 2.79. The molecular weight excluding hydrogens is 366 g/mol. The topological polar surface area (TPSA) is 61.8 Å². The first-order chi connectivity index (χ1) is 14.2. The number of anilines is 2. The number of ether oxygens (including phenoxy) is 1. The average molecular weight is 396 g/mol. The predicted octanol–water partition coefficient (Wildman–Crippen LogP) is 2.50. The second kappa shape index (κ2) is 9.11. The van der Waals surface area contributed by atoms with Gasteiger partial charge in [-0.1, -0.05) is 17.7 Å². The number of piperazine rings is 1. The highest BCUT2D eigenvalue weighted by Crippen LogP contribution is 2.20. The highest BCUT2D eigenvalue weighted by molar-refractivity contribution is 5.78. The molecule has 3 heterocycles. The van der Waals surface area contributed by atoms with Gasteiger partial charge in [0.15, 0.2) is 18.2 Å². The molecule has 0 bridgehead atoms. The van der Waals surface area contributed by atoms with Crippen LogP contribution < -0.4 is 14.5 Å². The van der Waals surface area contributed by atoms with Crippen LogP contribution in [0.3, 0.4) is 0 Å². The summed E-state index contributed by atoms with van der Waals surface area (Å²) in [5.41, 5.74) is 1.17. The van der Waals surface area contributed by atoms with E-state index in [9.17, 15) is 4.79 Å². The van der Waals surface area contributed by atoms with E-state index in [0.717, 1.165) is 43.6 Å². The van der Waals surface area contributed by atoms with E-state index in [2.05, 4.69) is 32.1 Å². The molecule has 2 saturated heterocycles. The summed E-state index contributed by atoms with van der Waals surface area (Å²) in [6.45, 7) is 7.10. The molecule has 2 aliphatic heterocycles. The van der Waals surface area contributed by atoms with E-state index in [-0.39, 0.29) is 12.5 Å². The number of amides is 1. The van der Waals surface area contributed by atoms with E-state index in [4.69, 9.17) is 4.74 Å². The van der Waals surface area contributed by atoms with Crippen LogP contribution >= 0.6 is 0 Å². The quantitative estimate of drug-likeness (QED) is 0.775. The van der Waals surface area contributed by atoms with Gasteiger partial charge < -0.3 is 19.4 Å². The Hall–Kier alpha value is -2.83. The van der Waals surface area contributed by atoms with Gasteiger partial charge in [0.1, 0.15) is 5.75 Å². The van der Waals surface area contributed by atoms with Gasteiger partial charge in [-0.15, -0.1) is 10.2 Å². The second-order valence-electron chi connectivity index (χ2n) is 7.77. The number of rotatable bonds is 5. The van der Waals surface area contributed by atoms with Crippen LogP contribution in [0.2, 0.25) is 0 Å². The van der Waals surface area contributed by atoms with Crippen molar-refractivity contribution < 1.29 is 9.53 Å². The molecule has 1 aromatic carbocycles. The Kier molecular flexibility index (Phi) is 6.12. The van der Waals surface area contributed by atoms with Gasteiger partial charge >= 0.3 is 0 Å². The SMILES string of the molecule is Cc1ccc(OCC(=O)N2CCN(c3ccc(N4CCCCC4)nn3)CC2)cc1. The molecule has 2 aliphatic rings. The molecule has 154 valence electrons. The Bertz CT molecular complexity index is 795. The van der Waals surface area contributed by atoms with E-state index >= 15 is 0 Å². The van der Waals surface area contributed by atoms with Crippen LogP contribution in [0.25, 0.3) is 0 Å². The van der Waals surface area contributed by atoms with Crippen molar-refractivity contribution in [3.8, 4) is 5.75 Å². The van der Waals surface area contributed by atoms with Gasteiger partial charge in [-0.2, -0.15) is 0 Å². The van der Waals surface area contributed by atoms with E-state index in [1.165, 1.54) is 24.8 Å². The molecule has 0 atom stereocenters. The van der Waals surface area contributed by atoms with Gasteiger partial charge in [0.2, 0.25) is 0 Å². The van der Waals surface area contributed by atoms with Crippen LogP contribution in [0.15, 0.2) is 36.4 Å². The molecule has 0 aliphatic carbocycles. The fourth-order valence-corrected chi connectivity index (χ4v) is 3.83. The number of carbonyl (C=O) groups is 1. The number of nitrogens with zero attached hydrogens (tertiary/aromatic N) is 5. The monoisotopic (exact) mass is 395 g/mol. The number of hydrogen-bond donors (Lipinski definition) is 0. The summed E-state index contributed by atoms with van der Waals surface area (Å²) in [5, 5.41) is 8.87. The maximum absolute atomic E-state index is 12.5. The highest BCUT2D eigenvalue weighted by Gasteiger charge is 2.23. The van der Waals surface area contributed by atoms with Gasteiger partial charge in [-0.3, -0.25) is 4.79 Å². The maximum atomic E-state index is 12.5. The molecule has 0 spiro atoms. The number of benzene rings is 1. The van der Waals surface area contributed by atoms with Crippen molar-refractivity contribution in [1.29, 1.82) is 0 Å². The summed E-state index contributed by atoms with van der Waals surface area (Å²) in [7, 11) is 0. The zero-order chi connectivity index (χ0) is 20.1. The number of hydrogen-bond acceptors (Lipinski definition) is 6. The molecule has 0 saturated carbocycles. The first-order valence-corrected chi connectivity index (χ1v) is 10.5. The molecule has 1 aromatic heterocycles. The molecule has 0 unspecified atom stereocenters. The van der Waals surface area contributed by atoms with Crippen molar-refractivity contribution in [2.24, 2.45) is 0 Å². The Morgan fingerprint density at radius 3 is 2.00 bits per heavy atom. The van der Waals surface area contributed by atoms with Crippen LogP contribution in [0, 0.1) is 6.92 Å². The van der Waals surface area contributed by atoms with Gasteiger partial charge in [0.05, 0.1) is 0 Å². The zero-order valence-electron chi connectivity index (χ0n) is 17.1. The molecule has 2 fully saturated rings. The summed E-state index contributed by atoms with van der Waals surface area (Å²) in [5.74, 6) is 2.60. The van der Waals surface area contributed by atoms with E-state index in [1.807, 2.05) is 36.1 Å². The van der Waals surface area contributed by atoms with Crippen LogP contribution in [0.5, 0.6) is 5.75 Å². The molecule has 2 aromatic rings. The lowest BCUT2D eigenvalue weighted by atomic mass is 10.1. The third-order valence-electron chi connectivity index (χ3n) is 5.66. The minimum Gasteiger partial charge on any atom is -0.484 e. The summed E-state index contributed by atoms with van der Waals surface area (Å²) >= 11 is 0. The van der Waals surface area contributed by atoms with Gasteiger partial charge in [-0.05, 0) is 50.5 Å². The molecule has 7 nitrogen and oxygen atoms in total. The summed E-state index contributed by atoms with van der Waals surface area (Å²) in [4.78, 5) is 18.8. The standard InChI is InChI=1S/C22H29N5O2/c1-18-5-7-19(8-6-18)29-17-22(28)27-15-13-26(14-16-27)21-10-9-20(23-24-21)25-11-3-2-4-12-25/h5-10H,2-4,11-17H2,1H3. The Morgan fingerprint density at radius 1 is 0.828 bits per heavy atom. The zero-order valence-corrected chi connectivity index (χ0v) is 17.1. The molecule has 1 amide bonds. The third kappa shape index (κ3) is 4.96. The summed E-state index contributed by atoms with van der Waals surface area (Å²) in [6.07, 6.45) is 3.77. The summed E-state index contributed by atoms with van der Waals surface area (Å²) < 4.78 is 5.63. The maximum Gasteiger partial charge on any atom is 0.260 e. The van der Waals surface area contributed by atoms with Crippen molar-refractivity contribution in [2.45, 2.75) is 26.2 Å². The van der Waals surface area contributed by atoms with Gasteiger partial charge in [0.25, 0.3) is 5.91 Å². The molecule has 0 radical (unpaired) electrons. The Morgan fingerprint density at radius 2 is 1.41 bits per heavy atom. The van der Waals surface area contributed by atoms with E-state index in [0.29, 0.717) is 13.1 Å². The molecule has 4 rings (SSSR count). The normalized spacial score (nSPS) is 17.3. The lowest BCUT2D eigenvalue weighted by molar-refractivity contribution is -0.133. The lowest BCUT2D eigenvalue weighted by Crippen LogP contribution is -2.50. The molecule has 29 heavy (non-hydrogen) atoms. The van der Waals surface area contributed by atoms with Gasteiger partial charge in [0, 0.05) is 39.3 Å². The van der Waals surface area contributed by atoms with Crippen molar-refractivity contribution >= 4 is 17.5 Å². The Balaban J connectivity index is 1.25. The third-order valence-corrected chi connectivity index (χ3v) is 5.66. The molecular formula is C22H29N5O2. The van der Waals surface area contributed by atoms with Crippen molar-refractivity contribution in [3.63, 3.8) is 0 Å². The molecule has 7 heteroatoms. The van der Waals surface area contributed by atoms with Gasteiger partial charge in [-0.25, -0.2) is 0 Å². The second-order valence-corrected chi connectivity index (χ2v) is 7.77. The minimum atomic E-state index is 0.0248. The lowest BCUT2D eigenvalue weighted by Gasteiger charge is -2.35. The fraction of sp³-hybridized carbons (Fsp3) is 0.500. The van der Waals surface area contributed by atoms with Crippen LogP contribution in [-0.2, 0) is 4.79 Å². The molecule has 0 N–H and O–H groups in total. The number of carbonyl (C=O) groups excluding carboxylic acids is 1. The smallest absolute Gasteiger partial charge is 0.260 e. The van der Waals surface area contributed by atoms with E-state index in [1.54, 1.807) is 0 Å². The number of aryl methyl sites for hydroxylation is 1. The van der Waals surface area contributed by atoms with Crippen LogP contribution in [0.1, 0.15) is 24.8 Å². The van der Waals surface area contributed by atoms with E-state index < -0.39 is 0 Å². The summed E-state index contributed by atoms with van der Waals surface area (Å²) in [6, 6.07) is 11.9. The Labute approximate surface area is 172 Å². The van der Waals surface area contributed by atoms with Crippen molar-refractivity contribution in [1.82, 2.24) is 15.1 Å². The van der Waals surface area contributed by atoms with Crippen LogP contribution in [-0.4, -0.2) is 66.9 Å².